The topological polar surface area (TPSA) is 110 Å². The first-order valence-electron chi connectivity index (χ1n) is 11.0. The van der Waals surface area contributed by atoms with E-state index in [9.17, 15) is 13.2 Å². The molecule has 3 heterocycles. The number of aryl methyl sites for hydroxylation is 4. The van der Waals surface area contributed by atoms with E-state index in [4.69, 9.17) is 0 Å². The van der Waals surface area contributed by atoms with Crippen LogP contribution in [-0.2, 0) is 10.0 Å². The molecule has 0 radical (unpaired) electrons. The number of hydrogen-bond donors (Lipinski definition) is 1. The van der Waals surface area contributed by atoms with Gasteiger partial charge in [0.25, 0.3) is 11.9 Å². The second kappa shape index (κ2) is 9.03. The first-order valence-corrected chi connectivity index (χ1v) is 12.4. The molecule has 1 amide bonds. The van der Waals surface area contributed by atoms with Gasteiger partial charge in [-0.05, 0) is 64.3 Å². The monoisotopic (exact) mass is 468 g/mol. The van der Waals surface area contributed by atoms with E-state index >= 15 is 0 Å². The van der Waals surface area contributed by atoms with Crippen LogP contribution in [0.4, 0.5) is 5.82 Å². The van der Waals surface area contributed by atoms with Gasteiger partial charge in [0.2, 0.25) is 10.0 Å². The molecule has 10 heteroatoms. The van der Waals surface area contributed by atoms with Crippen LogP contribution in [0.15, 0.2) is 35.2 Å². The number of piperidine rings is 1. The van der Waals surface area contributed by atoms with E-state index < -0.39 is 15.9 Å². The van der Waals surface area contributed by atoms with Crippen molar-refractivity contribution >= 4 is 21.7 Å². The molecule has 3 aromatic rings. The number of sulfonamides is 1. The Morgan fingerprint density at radius 3 is 2.24 bits per heavy atom. The number of benzene rings is 1. The van der Waals surface area contributed by atoms with Crippen LogP contribution < -0.4 is 5.32 Å². The molecule has 2 aromatic heterocycles. The largest absolute Gasteiger partial charge is 0.306 e. The number of anilines is 1. The number of carbonyl (C=O) groups excluding carboxylic acids is 1. The molecule has 1 N–H and O–H groups in total. The van der Waals surface area contributed by atoms with Gasteiger partial charge in [-0.25, -0.2) is 18.4 Å². The van der Waals surface area contributed by atoms with Crippen molar-refractivity contribution in [3.63, 3.8) is 0 Å². The molecular formula is C23H28N6O3S. The Morgan fingerprint density at radius 2 is 1.58 bits per heavy atom. The lowest BCUT2D eigenvalue weighted by Crippen LogP contribution is -2.35. The summed E-state index contributed by atoms with van der Waals surface area (Å²) >= 11 is 0. The summed E-state index contributed by atoms with van der Waals surface area (Å²) in [6.07, 6.45) is 2.73. The number of nitrogens with zero attached hydrogens (tertiary/aromatic N) is 5. The van der Waals surface area contributed by atoms with Gasteiger partial charge in [0.15, 0.2) is 0 Å². The smallest absolute Gasteiger partial charge is 0.257 e. The summed E-state index contributed by atoms with van der Waals surface area (Å²) in [7, 11) is -3.65. The third-order valence-corrected chi connectivity index (χ3v) is 7.53. The highest BCUT2D eigenvalue weighted by Gasteiger charge is 2.27. The van der Waals surface area contributed by atoms with Crippen molar-refractivity contribution in [2.75, 3.05) is 18.4 Å². The third kappa shape index (κ3) is 4.81. The van der Waals surface area contributed by atoms with E-state index in [2.05, 4.69) is 20.4 Å². The fourth-order valence-corrected chi connectivity index (χ4v) is 5.53. The molecule has 0 aliphatic carbocycles. The fraction of sp³-hybridized carbons (Fsp3) is 0.391. The molecule has 0 atom stereocenters. The number of aromatic nitrogens is 4. The summed E-state index contributed by atoms with van der Waals surface area (Å²) in [5.41, 5.74) is 3.23. The maximum Gasteiger partial charge on any atom is 0.257 e. The molecule has 33 heavy (non-hydrogen) atoms. The van der Waals surface area contributed by atoms with Gasteiger partial charge in [0, 0.05) is 36.1 Å². The van der Waals surface area contributed by atoms with Crippen LogP contribution in [-0.4, -0.2) is 51.5 Å². The Bertz CT molecular complexity index is 1290. The van der Waals surface area contributed by atoms with E-state index in [0.717, 1.165) is 30.7 Å². The Morgan fingerprint density at radius 1 is 0.909 bits per heavy atom. The van der Waals surface area contributed by atoms with Gasteiger partial charge < -0.3 is 5.32 Å². The van der Waals surface area contributed by atoms with Gasteiger partial charge in [-0.1, -0.05) is 12.5 Å². The number of amides is 1. The molecule has 4 rings (SSSR count). The van der Waals surface area contributed by atoms with E-state index in [0.29, 0.717) is 41.7 Å². The molecular weight excluding hydrogens is 440 g/mol. The van der Waals surface area contributed by atoms with Crippen molar-refractivity contribution in [3.05, 3.63) is 58.5 Å². The highest BCUT2D eigenvalue weighted by atomic mass is 32.2. The molecule has 0 spiro atoms. The van der Waals surface area contributed by atoms with Crippen molar-refractivity contribution in [1.29, 1.82) is 0 Å². The highest BCUT2D eigenvalue weighted by molar-refractivity contribution is 7.89. The Hall–Kier alpha value is -3.11. The standard InChI is InChI=1S/C23H28N6O3S/c1-15-8-9-19(33(31,32)28-10-6-5-7-11-28)14-20(15)22(30)26-21-13-18(4)27-29(21)23-24-16(2)12-17(3)25-23/h8-9,12-14H,5-7,10-11H2,1-4H3,(H,26,30). The van der Waals surface area contributed by atoms with Crippen LogP contribution in [0.3, 0.4) is 0 Å². The Labute approximate surface area is 193 Å². The van der Waals surface area contributed by atoms with Crippen LogP contribution in [0.25, 0.3) is 5.95 Å². The average molecular weight is 469 g/mol. The number of hydrogen-bond acceptors (Lipinski definition) is 6. The van der Waals surface area contributed by atoms with Crippen LogP contribution in [0.1, 0.15) is 52.3 Å². The lowest BCUT2D eigenvalue weighted by molar-refractivity contribution is 0.102. The summed E-state index contributed by atoms with van der Waals surface area (Å²) in [5.74, 6) is 0.342. The SMILES string of the molecule is Cc1cc(C)nc(-n2nc(C)cc2NC(=O)c2cc(S(=O)(=O)N3CCCCC3)ccc2C)n1. The van der Waals surface area contributed by atoms with Crippen molar-refractivity contribution < 1.29 is 13.2 Å². The first kappa shape index (κ1) is 23.1. The summed E-state index contributed by atoms with van der Waals surface area (Å²) in [5, 5.41) is 7.28. The quantitative estimate of drug-likeness (QED) is 0.615. The van der Waals surface area contributed by atoms with E-state index in [1.807, 2.05) is 26.8 Å². The van der Waals surface area contributed by atoms with Gasteiger partial charge in [-0.3, -0.25) is 4.79 Å². The molecule has 1 aliphatic heterocycles. The van der Waals surface area contributed by atoms with Gasteiger partial charge in [0.1, 0.15) is 5.82 Å². The summed E-state index contributed by atoms with van der Waals surface area (Å²) in [4.78, 5) is 22.2. The summed E-state index contributed by atoms with van der Waals surface area (Å²) in [6, 6.07) is 8.27. The lowest BCUT2D eigenvalue weighted by Gasteiger charge is -2.26. The van der Waals surface area contributed by atoms with Crippen LogP contribution >= 0.6 is 0 Å². The summed E-state index contributed by atoms with van der Waals surface area (Å²) in [6.45, 7) is 8.33. The van der Waals surface area contributed by atoms with Gasteiger partial charge in [0.05, 0.1) is 10.6 Å². The minimum Gasteiger partial charge on any atom is -0.306 e. The van der Waals surface area contributed by atoms with Crippen molar-refractivity contribution in [1.82, 2.24) is 24.1 Å². The van der Waals surface area contributed by atoms with Crippen molar-refractivity contribution in [3.8, 4) is 5.95 Å². The second-order valence-corrected chi connectivity index (χ2v) is 10.4. The van der Waals surface area contributed by atoms with Crippen molar-refractivity contribution in [2.24, 2.45) is 0 Å². The zero-order chi connectivity index (χ0) is 23.8. The Kier molecular flexibility index (Phi) is 6.31. The van der Waals surface area contributed by atoms with Gasteiger partial charge in [-0.2, -0.15) is 14.1 Å². The molecule has 0 saturated carbocycles. The first-order chi connectivity index (χ1) is 15.6. The molecule has 0 unspecified atom stereocenters. The molecule has 0 bridgehead atoms. The fourth-order valence-electron chi connectivity index (χ4n) is 3.99. The summed E-state index contributed by atoms with van der Waals surface area (Å²) < 4.78 is 29.2. The van der Waals surface area contributed by atoms with E-state index in [-0.39, 0.29) is 4.90 Å². The molecule has 174 valence electrons. The normalized spacial score (nSPS) is 14.9. The number of carbonyl (C=O) groups is 1. The number of nitrogens with one attached hydrogen (secondary N) is 1. The Balaban J connectivity index is 1.66. The van der Waals surface area contributed by atoms with Gasteiger partial charge >= 0.3 is 0 Å². The number of rotatable bonds is 5. The predicted octanol–water partition coefficient (Wildman–Crippen LogP) is 3.32. The molecule has 1 saturated heterocycles. The zero-order valence-corrected chi connectivity index (χ0v) is 20.1. The predicted molar refractivity (Wildman–Crippen MR) is 125 cm³/mol. The third-order valence-electron chi connectivity index (χ3n) is 5.64. The van der Waals surface area contributed by atoms with E-state index in [1.54, 1.807) is 25.1 Å². The zero-order valence-electron chi connectivity index (χ0n) is 19.3. The van der Waals surface area contributed by atoms with Gasteiger partial charge in [-0.15, -0.1) is 0 Å². The minimum absolute atomic E-state index is 0.127. The van der Waals surface area contributed by atoms with E-state index in [1.165, 1.54) is 15.1 Å². The molecule has 1 fully saturated rings. The molecule has 1 aliphatic rings. The van der Waals surface area contributed by atoms with Crippen LogP contribution in [0.5, 0.6) is 0 Å². The second-order valence-electron chi connectivity index (χ2n) is 8.43. The maximum absolute atomic E-state index is 13.2. The molecule has 1 aromatic carbocycles. The maximum atomic E-state index is 13.2. The molecule has 9 nitrogen and oxygen atoms in total. The average Bonchev–Trinajstić information content (AvgIpc) is 3.13. The lowest BCUT2D eigenvalue weighted by atomic mass is 10.1. The van der Waals surface area contributed by atoms with Crippen molar-refractivity contribution in [2.45, 2.75) is 51.9 Å². The van der Waals surface area contributed by atoms with Crippen LogP contribution in [0, 0.1) is 27.7 Å². The minimum atomic E-state index is -3.65. The highest BCUT2D eigenvalue weighted by Crippen LogP contribution is 2.24. The van der Waals surface area contributed by atoms with Crippen LogP contribution in [0.2, 0.25) is 0 Å².